The maximum atomic E-state index is 13.4. The molecule has 8 heteroatoms. The largest absolute Gasteiger partial charge is 0.460 e. The summed E-state index contributed by atoms with van der Waals surface area (Å²) < 4.78 is 14.7. The lowest BCUT2D eigenvalue weighted by atomic mass is 9.75. The molecule has 1 aromatic heterocycles. The van der Waals surface area contributed by atoms with E-state index >= 15 is 0 Å². The van der Waals surface area contributed by atoms with Gasteiger partial charge in [0.15, 0.2) is 5.78 Å². The van der Waals surface area contributed by atoms with Crippen molar-refractivity contribution in [2.24, 2.45) is 5.73 Å². The van der Waals surface area contributed by atoms with E-state index < -0.39 is 5.92 Å². The zero-order chi connectivity index (χ0) is 24.0. The van der Waals surface area contributed by atoms with E-state index in [0.29, 0.717) is 35.7 Å². The number of hydrogen-bond acceptors (Lipinski definition) is 5. The fourth-order valence-electron chi connectivity index (χ4n) is 4.57. The second kappa shape index (κ2) is 9.21. The number of nitrogens with two attached hydrogens (primary N) is 1. The van der Waals surface area contributed by atoms with Crippen LogP contribution in [-0.2, 0) is 9.53 Å². The van der Waals surface area contributed by atoms with E-state index in [2.05, 4.69) is 53.9 Å². The van der Waals surface area contributed by atoms with Gasteiger partial charge in [-0.1, -0.05) is 46.3 Å². The monoisotopic (exact) mass is 642 g/mol. The lowest BCUT2D eigenvalue weighted by Crippen LogP contribution is -2.29. The molecule has 2 aliphatic rings. The Labute approximate surface area is 221 Å². The molecular formula is C26H17Br3N2O3. The molecule has 0 saturated carbocycles. The van der Waals surface area contributed by atoms with Crippen molar-refractivity contribution < 1.29 is 13.9 Å². The van der Waals surface area contributed by atoms with Crippen molar-refractivity contribution in [1.82, 2.24) is 0 Å². The molecule has 3 aromatic rings. The number of halogens is 3. The van der Waals surface area contributed by atoms with Gasteiger partial charge in [-0.2, -0.15) is 5.26 Å². The summed E-state index contributed by atoms with van der Waals surface area (Å²) >= 11 is 10.6. The second-order valence-corrected chi connectivity index (χ2v) is 10.8. The van der Waals surface area contributed by atoms with Crippen molar-refractivity contribution in [2.45, 2.75) is 24.7 Å². The van der Waals surface area contributed by atoms with E-state index in [-0.39, 0.29) is 23.2 Å². The van der Waals surface area contributed by atoms with Gasteiger partial charge in [0, 0.05) is 37.4 Å². The van der Waals surface area contributed by atoms with Crippen LogP contribution in [0.5, 0.6) is 0 Å². The average molecular weight is 645 g/mol. The van der Waals surface area contributed by atoms with Gasteiger partial charge in [-0.05, 0) is 67.6 Å². The third kappa shape index (κ3) is 4.06. The van der Waals surface area contributed by atoms with Crippen LogP contribution < -0.4 is 5.73 Å². The van der Waals surface area contributed by atoms with Crippen molar-refractivity contribution >= 4 is 53.6 Å². The maximum absolute atomic E-state index is 13.4. The van der Waals surface area contributed by atoms with Gasteiger partial charge in [0.05, 0.1) is 5.92 Å². The molecular weight excluding hydrogens is 628 g/mol. The molecule has 1 aliphatic heterocycles. The zero-order valence-corrected chi connectivity index (χ0v) is 22.4. The van der Waals surface area contributed by atoms with E-state index in [0.717, 1.165) is 24.5 Å². The summed E-state index contributed by atoms with van der Waals surface area (Å²) in [6.45, 7) is 0. The first-order valence-corrected chi connectivity index (χ1v) is 12.9. The predicted molar refractivity (Wildman–Crippen MR) is 138 cm³/mol. The van der Waals surface area contributed by atoms with E-state index in [1.165, 1.54) is 0 Å². The van der Waals surface area contributed by atoms with E-state index in [9.17, 15) is 10.1 Å². The van der Waals surface area contributed by atoms with Gasteiger partial charge in [0.2, 0.25) is 5.88 Å². The number of allylic oxidation sites excluding steroid dienone is 3. The number of ether oxygens (including phenoxy) is 1. The van der Waals surface area contributed by atoms with Gasteiger partial charge >= 0.3 is 0 Å². The first-order chi connectivity index (χ1) is 16.4. The summed E-state index contributed by atoms with van der Waals surface area (Å²) in [6.07, 6.45) is 0.858. The lowest BCUT2D eigenvalue weighted by Gasteiger charge is -2.33. The molecule has 2 heterocycles. The zero-order valence-electron chi connectivity index (χ0n) is 17.6. The van der Waals surface area contributed by atoms with Crippen molar-refractivity contribution in [3.05, 3.63) is 102 Å². The molecule has 0 bridgehead atoms. The minimum atomic E-state index is -0.709. The molecule has 0 fully saturated rings. The van der Waals surface area contributed by atoms with E-state index in [1.54, 1.807) is 6.07 Å². The van der Waals surface area contributed by atoms with Crippen LogP contribution in [0.1, 0.15) is 36.0 Å². The number of carbonyl (C=O) groups is 1. The van der Waals surface area contributed by atoms with Crippen LogP contribution in [0.25, 0.3) is 11.3 Å². The molecule has 2 aromatic carbocycles. The van der Waals surface area contributed by atoms with E-state index in [1.807, 2.05) is 48.5 Å². The highest BCUT2D eigenvalue weighted by molar-refractivity contribution is 9.11. The fourth-order valence-corrected chi connectivity index (χ4v) is 7.22. The highest BCUT2D eigenvalue weighted by atomic mass is 79.9. The lowest BCUT2D eigenvalue weighted by molar-refractivity contribution is -0.117. The molecule has 5 rings (SSSR count). The van der Waals surface area contributed by atoms with Gasteiger partial charge in [0.25, 0.3) is 0 Å². The number of Topliss-reactive ketones (excluding diaryl/α,β-unsaturated/α-hetero) is 1. The summed E-state index contributed by atoms with van der Waals surface area (Å²) in [5.74, 6) is 0.803. The van der Waals surface area contributed by atoms with Crippen molar-refractivity contribution in [3.63, 3.8) is 0 Å². The number of furan rings is 1. The van der Waals surface area contributed by atoms with Crippen molar-refractivity contribution in [2.75, 3.05) is 0 Å². The number of carbonyl (C=O) groups excluding carboxylic acids is 1. The molecule has 0 radical (unpaired) electrons. The number of nitriles is 1. The third-order valence-corrected chi connectivity index (χ3v) is 7.81. The van der Waals surface area contributed by atoms with Gasteiger partial charge < -0.3 is 14.9 Å². The third-order valence-electron chi connectivity index (χ3n) is 6.10. The predicted octanol–water partition coefficient (Wildman–Crippen LogP) is 7.44. The molecule has 1 aliphatic carbocycles. The Bertz CT molecular complexity index is 1390. The molecule has 5 nitrogen and oxygen atoms in total. The molecule has 2 atom stereocenters. The number of benzene rings is 2. The Morgan fingerprint density at radius 2 is 1.71 bits per heavy atom. The van der Waals surface area contributed by atoms with Crippen LogP contribution in [0.3, 0.4) is 0 Å². The van der Waals surface area contributed by atoms with Crippen LogP contribution in [0.4, 0.5) is 0 Å². The molecule has 2 N–H and O–H groups in total. The summed E-state index contributed by atoms with van der Waals surface area (Å²) in [7, 11) is 0. The van der Waals surface area contributed by atoms with Crippen molar-refractivity contribution in [3.8, 4) is 17.4 Å². The molecule has 34 heavy (non-hydrogen) atoms. The maximum Gasteiger partial charge on any atom is 0.205 e. The minimum Gasteiger partial charge on any atom is -0.460 e. The SMILES string of the molecule is N#CC1=C(N)OC2=C(C(=O)C[C@H](c3ccccc3)C2)[C@@H]1c1ccc(-c2c(Br)cc(Br)cc2Br)o1. The van der Waals surface area contributed by atoms with E-state index in [4.69, 9.17) is 14.9 Å². The Morgan fingerprint density at radius 1 is 1.00 bits per heavy atom. The van der Waals surface area contributed by atoms with Gasteiger partial charge in [-0.3, -0.25) is 4.79 Å². The quantitative estimate of drug-likeness (QED) is 0.320. The first kappa shape index (κ1) is 23.2. The van der Waals surface area contributed by atoms with Crippen LogP contribution in [-0.4, -0.2) is 5.78 Å². The van der Waals surface area contributed by atoms with Gasteiger partial charge in [-0.25, -0.2) is 0 Å². The smallest absolute Gasteiger partial charge is 0.205 e. The standard InChI is InChI=1S/C26H17Br3N2O3/c27-15-10-17(28)24(18(29)11-15)21-7-6-20(33-21)23-16(12-30)26(31)34-22-9-14(8-19(32)25(22)23)13-4-2-1-3-5-13/h1-7,10-11,14,23H,8-9,31H2/t14-,23-/m0/s1. The van der Waals surface area contributed by atoms with Gasteiger partial charge in [-0.15, -0.1) is 0 Å². The Kier molecular flexibility index (Phi) is 6.28. The summed E-state index contributed by atoms with van der Waals surface area (Å²) in [5.41, 5.74) is 8.69. The summed E-state index contributed by atoms with van der Waals surface area (Å²) in [5, 5.41) is 9.88. The molecule has 0 spiro atoms. The van der Waals surface area contributed by atoms with Crippen LogP contribution in [0, 0.1) is 11.3 Å². The first-order valence-electron chi connectivity index (χ1n) is 10.5. The Balaban J connectivity index is 1.58. The van der Waals surface area contributed by atoms with Crippen LogP contribution in [0.2, 0.25) is 0 Å². The molecule has 0 amide bonds. The number of rotatable bonds is 3. The fraction of sp³-hybridized carbons (Fsp3) is 0.154. The highest BCUT2D eigenvalue weighted by Crippen LogP contribution is 2.48. The Morgan fingerprint density at radius 3 is 2.38 bits per heavy atom. The minimum absolute atomic E-state index is 0.00799. The highest BCUT2D eigenvalue weighted by Gasteiger charge is 2.42. The normalized spacial score (nSPS) is 20.1. The number of nitrogens with zero attached hydrogens (tertiary/aromatic N) is 1. The molecule has 170 valence electrons. The van der Waals surface area contributed by atoms with Gasteiger partial charge in [0.1, 0.15) is 28.9 Å². The van der Waals surface area contributed by atoms with Crippen LogP contribution >= 0.6 is 47.8 Å². The molecule has 0 unspecified atom stereocenters. The van der Waals surface area contributed by atoms with Crippen molar-refractivity contribution in [1.29, 1.82) is 5.26 Å². The summed E-state index contributed by atoms with van der Waals surface area (Å²) in [4.78, 5) is 13.4. The number of hydrogen-bond donors (Lipinski definition) is 1. The van der Waals surface area contributed by atoms with Crippen LogP contribution in [0.15, 0.2) is 95.2 Å². The summed E-state index contributed by atoms with van der Waals surface area (Å²) in [6, 6.07) is 19.5. The second-order valence-electron chi connectivity index (χ2n) is 8.15. The molecule has 0 saturated heterocycles. The Hall–Kier alpha value is -2.60. The topological polar surface area (TPSA) is 89.3 Å². The average Bonchev–Trinajstić information content (AvgIpc) is 3.27. The number of ketones is 1.